The van der Waals surface area contributed by atoms with Crippen molar-refractivity contribution in [1.29, 1.82) is 0 Å². The first-order valence-electron chi connectivity index (χ1n) is 8.07. The number of hydrogen-bond acceptors (Lipinski definition) is 0. The first-order valence-corrected chi connectivity index (χ1v) is 11.2. The van der Waals surface area contributed by atoms with E-state index in [1.54, 1.807) is 0 Å². The van der Waals surface area contributed by atoms with E-state index in [2.05, 4.69) is 136 Å². The van der Waals surface area contributed by atoms with E-state index in [0.29, 0.717) is 0 Å². The number of benzene rings is 2. The molecule has 0 nitrogen and oxygen atoms in total. The molecule has 0 saturated carbocycles. The molecule has 0 unspecified atom stereocenters. The number of halogens is 4. The fraction of sp³-hybridized carbons (Fsp3) is 0.381. The molecule has 0 N–H and O–H groups in total. The third kappa shape index (κ3) is 5.21. The van der Waals surface area contributed by atoms with E-state index in [4.69, 9.17) is 0 Å². The molecule has 0 fully saturated rings. The van der Waals surface area contributed by atoms with Gasteiger partial charge in [0.2, 0.25) is 0 Å². The van der Waals surface area contributed by atoms with Crippen LogP contribution < -0.4 is 0 Å². The van der Waals surface area contributed by atoms with Gasteiger partial charge in [-0.25, -0.2) is 0 Å². The van der Waals surface area contributed by atoms with Crippen LogP contribution in [0.5, 0.6) is 0 Å². The van der Waals surface area contributed by atoms with Crippen LogP contribution in [0.15, 0.2) is 42.2 Å². The fourth-order valence-electron chi connectivity index (χ4n) is 2.38. The fourth-order valence-corrected chi connectivity index (χ4v) is 5.15. The Bertz CT molecular complexity index is 679. The summed E-state index contributed by atoms with van der Waals surface area (Å²) < 4.78 is 4.13. The van der Waals surface area contributed by atoms with Gasteiger partial charge in [-0.15, -0.1) is 0 Å². The Labute approximate surface area is 185 Å². The molecule has 2 aromatic rings. The molecule has 0 amide bonds. The number of rotatable bonds is 2. The Kier molecular flexibility index (Phi) is 6.73. The Morgan fingerprint density at radius 3 is 1.00 bits per heavy atom. The Hall–Kier alpha value is 0.360. The molecule has 0 heterocycles. The van der Waals surface area contributed by atoms with Crippen molar-refractivity contribution in [2.24, 2.45) is 0 Å². The summed E-state index contributed by atoms with van der Waals surface area (Å²) in [5.41, 5.74) is 4.77. The van der Waals surface area contributed by atoms with Crippen molar-refractivity contribution in [1.82, 2.24) is 0 Å². The first-order chi connectivity index (χ1) is 11.3. The molecular formula is C21H22Br4. The average Bonchev–Trinajstić information content (AvgIpc) is 2.42. The Morgan fingerprint density at radius 2 is 0.800 bits per heavy atom. The zero-order valence-electron chi connectivity index (χ0n) is 15.3. The first kappa shape index (κ1) is 21.7. The lowest BCUT2D eigenvalue weighted by molar-refractivity contribution is 0.589. The van der Waals surface area contributed by atoms with E-state index in [1.807, 2.05) is 0 Å². The van der Waals surface area contributed by atoms with Crippen LogP contribution in [-0.4, -0.2) is 0 Å². The summed E-state index contributed by atoms with van der Waals surface area (Å²) in [4.78, 5) is 0. The molecule has 0 saturated heterocycles. The molecule has 2 aromatic carbocycles. The van der Waals surface area contributed by atoms with Crippen molar-refractivity contribution in [3.05, 3.63) is 70.8 Å². The zero-order valence-corrected chi connectivity index (χ0v) is 21.7. The van der Waals surface area contributed by atoms with Crippen molar-refractivity contribution in [2.45, 2.75) is 52.4 Å². The maximum absolute atomic E-state index is 3.72. The lowest BCUT2D eigenvalue weighted by Crippen LogP contribution is -2.12. The Morgan fingerprint density at radius 1 is 0.560 bits per heavy atom. The van der Waals surface area contributed by atoms with E-state index in [1.165, 1.54) is 11.1 Å². The van der Waals surface area contributed by atoms with Gasteiger partial charge in [0.15, 0.2) is 0 Å². The summed E-state index contributed by atoms with van der Waals surface area (Å²) >= 11 is 14.9. The quantitative estimate of drug-likeness (QED) is 0.326. The molecule has 0 aliphatic heterocycles. The zero-order chi connectivity index (χ0) is 19.2. The summed E-state index contributed by atoms with van der Waals surface area (Å²) in [5.74, 6) is 0. The van der Waals surface area contributed by atoms with E-state index in [9.17, 15) is 0 Å². The SMILES string of the molecule is CC(C)(C)c1cc(Br)c([C]c2c(Br)cc(C(C)(C)C)cc2Br)c(Br)c1. The monoisotopic (exact) mass is 590 g/mol. The second-order valence-corrected chi connectivity index (χ2v) is 11.7. The molecule has 134 valence electrons. The lowest BCUT2D eigenvalue weighted by Gasteiger charge is -2.23. The minimum atomic E-state index is 0.0963. The van der Waals surface area contributed by atoms with Gasteiger partial charge in [-0.3, -0.25) is 0 Å². The molecule has 0 aliphatic carbocycles. The van der Waals surface area contributed by atoms with Crippen molar-refractivity contribution in [2.75, 3.05) is 0 Å². The van der Waals surface area contributed by atoms with Crippen LogP contribution in [0.25, 0.3) is 0 Å². The predicted molar refractivity (Wildman–Crippen MR) is 123 cm³/mol. The second-order valence-electron chi connectivity index (χ2n) is 8.25. The van der Waals surface area contributed by atoms with Crippen molar-refractivity contribution in [3.63, 3.8) is 0 Å². The van der Waals surface area contributed by atoms with Gasteiger partial charge in [0, 0.05) is 17.9 Å². The molecule has 0 atom stereocenters. The van der Waals surface area contributed by atoms with Gasteiger partial charge in [-0.1, -0.05) is 105 Å². The highest BCUT2D eigenvalue weighted by molar-refractivity contribution is 9.11. The minimum Gasteiger partial charge on any atom is -0.0561 e. The normalized spacial score (nSPS) is 12.6. The van der Waals surface area contributed by atoms with Crippen molar-refractivity contribution >= 4 is 63.7 Å². The third-order valence-corrected chi connectivity index (χ3v) is 6.57. The molecule has 25 heavy (non-hydrogen) atoms. The van der Waals surface area contributed by atoms with E-state index in [0.717, 1.165) is 29.0 Å². The van der Waals surface area contributed by atoms with Gasteiger partial charge in [-0.05, 0) is 57.3 Å². The molecule has 0 aromatic heterocycles. The summed E-state index contributed by atoms with van der Waals surface area (Å²) in [5, 5.41) is 0. The van der Waals surface area contributed by atoms with Gasteiger partial charge in [0.25, 0.3) is 0 Å². The molecule has 0 aliphatic rings. The van der Waals surface area contributed by atoms with Crippen LogP contribution in [0.4, 0.5) is 0 Å². The molecule has 0 spiro atoms. The summed E-state index contributed by atoms with van der Waals surface area (Å²) in [7, 11) is 0. The predicted octanol–water partition coefficient (Wildman–Crippen LogP) is 8.81. The van der Waals surface area contributed by atoms with E-state index in [-0.39, 0.29) is 10.8 Å². The van der Waals surface area contributed by atoms with Crippen LogP contribution >= 0.6 is 63.7 Å². The summed E-state index contributed by atoms with van der Waals surface area (Å²) in [6.07, 6.45) is 3.55. The van der Waals surface area contributed by atoms with Crippen LogP contribution in [-0.2, 0) is 10.8 Å². The molecular weight excluding hydrogens is 572 g/mol. The highest BCUT2D eigenvalue weighted by Gasteiger charge is 2.21. The Balaban J connectivity index is 2.48. The van der Waals surface area contributed by atoms with Gasteiger partial charge in [0.05, 0.1) is 6.42 Å². The van der Waals surface area contributed by atoms with Crippen molar-refractivity contribution < 1.29 is 0 Å². The van der Waals surface area contributed by atoms with Crippen LogP contribution in [0, 0.1) is 6.42 Å². The van der Waals surface area contributed by atoms with Crippen LogP contribution in [0.3, 0.4) is 0 Å². The molecule has 4 heteroatoms. The third-order valence-electron chi connectivity index (χ3n) is 4.07. The molecule has 2 radical (unpaired) electrons. The molecule has 0 bridgehead atoms. The maximum Gasteiger partial charge on any atom is 0.0549 e. The van der Waals surface area contributed by atoms with Gasteiger partial charge < -0.3 is 0 Å². The summed E-state index contributed by atoms with van der Waals surface area (Å²) in [6.45, 7) is 13.3. The van der Waals surface area contributed by atoms with Crippen LogP contribution in [0.2, 0.25) is 0 Å². The standard InChI is InChI=1S/C21H22Br4/c1-20(2,3)12-7-16(22)14(17(23)8-12)11-15-18(24)9-13(10-19(15)25)21(4,5)6/h7-10H,1-6H3. The van der Waals surface area contributed by atoms with Gasteiger partial charge in [-0.2, -0.15) is 0 Å². The highest BCUT2D eigenvalue weighted by atomic mass is 79.9. The maximum atomic E-state index is 3.72. The van der Waals surface area contributed by atoms with Gasteiger partial charge >= 0.3 is 0 Å². The smallest absolute Gasteiger partial charge is 0.0549 e. The lowest BCUT2D eigenvalue weighted by atomic mass is 9.85. The van der Waals surface area contributed by atoms with Crippen molar-refractivity contribution in [3.8, 4) is 0 Å². The highest BCUT2D eigenvalue weighted by Crippen LogP contribution is 2.39. The number of hydrogen-bond donors (Lipinski definition) is 0. The minimum absolute atomic E-state index is 0.0963. The van der Waals surface area contributed by atoms with E-state index >= 15 is 0 Å². The largest absolute Gasteiger partial charge is 0.0561 e. The summed E-state index contributed by atoms with van der Waals surface area (Å²) in [6, 6.07) is 8.72. The molecule has 2 rings (SSSR count). The average molecular weight is 594 g/mol. The van der Waals surface area contributed by atoms with Gasteiger partial charge in [0.1, 0.15) is 0 Å². The topological polar surface area (TPSA) is 0 Å². The van der Waals surface area contributed by atoms with Crippen LogP contribution in [0.1, 0.15) is 63.8 Å². The second kappa shape index (κ2) is 7.77. The van der Waals surface area contributed by atoms with E-state index < -0.39 is 0 Å².